The molecule has 1 aromatic heterocycles. The van der Waals surface area contributed by atoms with Crippen LogP contribution in [0.1, 0.15) is 39.0 Å². The Morgan fingerprint density at radius 1 is 1.50 bits per heavy atom. The van der Waals surface area contributed by atoms with Gasteiger partial charge in [-0.05, 0) is 18.9 Å². The second-order valence-corrected chi connectivity index (χ2v) is 6.74. The Labute approximate surface area is 163 Å². The first kappa shape index (κ1) is 21.6. The fourth-order valence-electron chi connectivity index (χ4n) is 3.17. The molecule has 2 heterocycles. The van der Waals surface area contributed by atoms with Crippen molar-refractivity contribution in [3.05, 3.63) is 29.6 Å². The van der Waals surface area contributed by atoms with Crippen molar-refractivity contribution in [2.45, 2.75) is 45.1 Å². The summed E-state index contributed by atoms with van der Waals surface area (Å²) in [6.45, 7) is 2.32. The number of hydrogen-bond donors (Lipinski definition) is 3. The third-order valence-electron chi connectivity index (χ3n) is 4.66. The zero-order valence-corrected chi connectivity index (χ0v) is 15.9. The Balaban J connectivity index is 2.08. The lowest BCUT2D eigenvalue weighted by molar-refractivity contribution is -0.590. The molecule has 1 fully saturated rings. The van der Waals surface area contributed by atoms with Crippen LogP contribution in [0, 0.1) is 11.1 Å². The van der Waals surface area contributed by atoms with Crippen molar-refractivity contribution in [2.75, 3.05) is 18.4 Å². The number of pyridine rings is 1. The van der Waals surface area contributed by atoms with Crippen molar-refractivity contribution >= 4 is 24.0 Å². The fourth-order valence-corrected chi connectivity index (χ4v) is 3.17. The number of nitrogens with one attached hydrogen (secondary N) is 2. The molecular formula is C18H27N5O5. The number of nitrogens with zero attached hydrogens (tertiary/aromatic N) is 3. The average molecular weight is 393 g/mol. The van der Waals surface area contributed by atoms with Crippen LogP contribution in [0.2, 0.25) is 0 Å². The van der Waals surface area contributed by atoms with Gasteiger partial charge in [0.25, 0.3) is 5.82 Å². The van der Waals surface area contributed by atoms with Gasteiger partial charge in [0.2, 0.25) is 12.3 Å². The van der Waals surface area contributed by atoms with Crippen molar-refractivity contribution < 1.29 is 24.3 Å². The number of amides is 3. The molecule has 3 N–H and O–H groups in total. The van der Waals surface area contributed by atoms with E-state index in [1.807, 2.05) is 6.92 Å². The topological polar surface area (TPSA) is 129 Å². The monoisotopic (exact) mass is 393 g/mol. The van der Waals surface area contributed by atoms with Gasteiger partial charge in [-0.15, -0.1) is 0 Å². The summed E-state index contributed by atoms with van der Waals surface area (Å²) in [5.74, 6) is -1.40. The summed E-state index contributed by atoms with van der Waals surface area (Å²) in [4.78, 5) is 36.4. The highest BCUT2D eigenvalue weighted by atomic mass is 16.5. The zero-order chi connectivity index (χ0) is 20.5. The Morgan fingerprint density at radius 2 is 2.29 bits per heavy atom. The number of carbonyl (C=O) groups is 3. The summed E-state index contributed by atoms with van der Waals surface area (Å²) in [7, 11) is 0. The molecule has 0 radical (unpaired) electrons. The van der Waals surface area contributed by atoms with Crippen LogP contribution >= 0.6 is 0 Å². The molecule has 0 aromatic carbocycles. The van der Waals surface area contributed by atoms with Crippen LogP contribution in [0.3, 0.4) is 0 Å². The predicted octanol–water partition coefficient (Wildman–Crippen LogP) is 0.408. The van der Waals surface area contributed by atoms with Gasteiger partial charge < -0.3 is 5.21 Å². The number of anilines is 1. The molecule has 0 bridgehead atoms. The maximum atomic E-state index is 13.0. The molecule has 2 rings (SSSR count). The highest BCUT2D eigenvalue weighted by Crippen LogP contribution is 2.19. The summed E-state index contributed by atoms with van der Waals surface area (Å²) in [6.07, 6.45) is 5.06. The maximum absolute atomic E-state index is 13.0. The second kappa shape index (κ2) is 10.6. The van der Waals surface area contributed by atoms with Crippen LogP contribution < -0.4 is 15.5 Å². The number of unbranched alkanes of at least 4 members (excludes halogenated alkanes) is 2. The quantitative estimate of drug-likeness (QED) is 0.132. The van der Waals surface area contributed by atoms with Crippen molar-refractivity contribution in [3.63, 3.8) is 0 Å². The first-order valence-corrected chi connectivity index (χ1v) is 9.44. The number of hydrogen-bond acceptors (Lipinski definition) is 6. The Bertz CT molecular complexity index is 686. The molecular weight excluding hydrogens is 366 g/mol. The molecule has 2 atom stereocenters. The lowest BCUT2D eigenvalue weighted by atomic mass is 9.99. The van der Waals surface area contributed by atoms with E-state index in [-0.39, 0.29) is 24.7 Å². The molecule has 10 heteroatoms. The molecule has 1 saturated heterocycles. The number of hydroxylamine groups is 2. The number of rotatable bonds is 10. The van der Waals surface area contributed by atoms with E-state index in [2.05, 4.69) is 10.7 Å². The lowest BCUT2D eigenvalue weighted by Crippen LogP contribution is -2.52. The van der Waals surface area contributed by atoms with Crippen molar-refractivity contribution in [1.82, 2.24) is 15.5 Å². The highest BCUT2D eigenvalue weighted by molar-refractivity contribution is 5.96. The second-order valence-electron chi connectivity index (χ2n) is 6.74. The Hall–Kier alpha value is -2.72. The number of aromatic nitrogens is 1. The van der Waals surface area contributed by atoms with E-state index in [1.54, 1.807) is 12.1 Å². The molecule has 0 spiro atoms. The Morgan fingerprint density at radius 3 is 2.96 bits per heavy atom. The molecule has 1 aliphatic rings. The number of carbonyl (C=O) groups excluding carboxylic acids is 3. The average Bonchev–Trinajstić information content (AvgIpc) is 3.18. The third kappa shape index (κ3) is 5.64. The van der Waals surface area contributed by atoms with Crippen molar-refractivity contribution in [1.29, 1.82) is 0 Å². The molecule has 3 amide bonds. The molecule has 0 saturated carbocycles. The van der Waals surface area contributed by atoms with Gasteiger partial charge in [0.05, 0.1) is 18.7 Å². The maximum Gasteiger partial charge on any atom is 0.331 e. The molecule has 28 heavy (non-hydrogen) atoms. The van der Waals surface area contributed by atoms with Crippen LogP contribution in [0.15, 0.2) is 24.4 Å². The van der Waals surface area contributed by atoms with Gasteiger partial charge in [-0.2, -0.15) is 0 Å². The van der Waals surface area contributed by atoms with Gasteiger partial charge >= 0.3 is 5.91 Å². The van der Waals surface area contributed by atoms with Crippen molar-refractivity contribution in [3.8, 4) is 0 Å². The minimum absolute atomic E-state index is 0.0776. The standard InChI is InChI=1S/C18H27N5O5/c1-2-3-4-7-14(12-21(27)13-24)18(26)23-15(9-10-19-23)17(25)20-16-8-5-6-11-22(16)28/h5-6,8,11,13-15,19,27H,2-4,7,9-10,12H2,1H3,(H,20,25)/t14-,15+/m1/s1. The summed E-state index contributed by atoms with van der Waals surface area (Å²) < 4.78 is 0.535. The van der Waals surface area contributed by atoms with Crippen LogP contribution in [-0.2, 0) is 14.4 Å². The van der Waals surface area contributed by atoms with Gasteiger partial charge in [-0.3, -0.25) is 19.8 Å². The molecule has 1 aromatic rings. The van der Waals surface area contributed by atoms with E-state index < -0.39 is 17.9 Å². The van der Waals surface area contributed by atoms with Gasteiger partial charge in [0, 0.05) is 12.6 Å². The molecule has 10 nitrogen and oxygen atoms in total. The smallest absolute Gasteiger partial charge is 0.331 e. The largest absolute Gasteiger partial charge is 0.711 e. The zero-order valence-electron chi connectivity index (χ0n) is 15.9. The van der Waals surface area contributed by atoms with Crippen molar-refractivity contribution in [2.24, 2.45) is 5.92 Å². The molecule has 0 unspecified atom stereocenters. The summed E-state index contributed by atoms with van der Waals surface area (Å²) in [5.41, 5.74) is 2.90. The summed E-state index contributed by atoms with van der Waals surface area (Å²) >= 11 is 0. The van der Waals surface area contributed by atoms with E-state index in [9.17, 15) is 24.8 Å². The van der Waals surface area contributed by atoms with E-state index >= 15 is 0 Å². The van der Waals surface area contributed by atoms with E-state index in [0.717, 1.165) is 19.3 Å². The third-order valence-corrected chi connectivity index (χ3v) is 4.66. The Kier molecular flexibility index (Phi) is 8.15. The first-order valence-electron chi connectivity index (χ1n) is 9.44. The van der Waals surface area contributed by atoms with Crippen LogP contribution in [0.4, 0.5) is 5.82 Å². The summed E-state index contributed by atoms with van der Waals surface area (Å²) in [6, 6.07) is 3.86. The van der Waals surface area contributed by atoms with E-state index in [4.69, 9.17) is 0 Å². The van der Waals surface area contributed by atoms with Gasteiger partial charge in [0.1, 0.15) is 0 Å². The lowest BCUT2D eigenvalue weighted by Gasteiger charge is -2.27. The minimum Gasteiger partial charge on any atom is -0.711 e. The number of hydrazine groups is 1. The highest BCUT2D eigenvalue weighted by Gasteiger charge is 2.39. The normalized spacial score (nSPS) is 17.2. The van der Waals surface area contributed by atoms with Crippen LogP contribution in [-0.4, -0.2) is 52.6 Å². The summed E-state index contributed by atoms with van der Waals surface area (Å²) in [5, 5.41) is 25.5. The van der Waals surface area contributed by atoms with Gasteiger partial charge in [-0.1, -0.05) is 32.3 Å². The first-order chi connectivity index (χ1) is 13.5. The minimum atomic E-state index is -0.787. The van der Waals surface area contributed by atoms with E-state index in [0.29, 0.717) is 29.2 Å². The fraction of sp³-hybridized carbons (Fsp3) is 0.556. The van der Waals surface area contributed by atoms with Crippen LogP contribution in [0.25, 0.3) is 0 Å². The molecule has 154 valence electrons. The SMILES string of the molecule is CCCCC[C@H](CN(O)C=O)C(=O)N1NCC[C@H]1C(=O)Nc1cccc[n+]1[O-]. The van der Waals surface area contributed by atoms with Crippen LogP contribution in [0.5, 0.6) is 0 Å². The predicted molar refractivity (Wildman–Crippen MR) is 99.5 cm³/mol. The van der Waals surface area contributed by atoms with Gasteiger partial charge in [0.15, 0.2) is 6.04 Å². The molecule has 1 aliphatic heterocycles. The van der Waals surface area contributed by atoms with E-state index in [1.165, 1.54) is 17.3 Å². The van der Waals surface area contributed by atoms with Gasteiger partial charge in [-0.25, -0.2) is 25.3 Å². The molecule has 0 aliphatic carbocycles.